The lowest BCUT2D eigenvalue weighted by Gasteiger charge is -2.17. The molecule has 0 radical (unpaired) electrons. The first-order valence-corrected chi connectivity index (χ1v) is 10.1. The Labute approximate surface area is 173 Å². The minimum atomic E-state index is -0.736. The monoisotopic (exact) mass is 404 g/mol. The second-order valence-electron chi connectivity index (χ2n) is 7.96. The van der Waals surface area contributed by atoms with Crippen LogP contribution in [0.1, 0.15) is 30.5 Å². The van der Waals surface area contributed by atoms with Crippen LogP contribution in [0.2, 0.25) is 0 Å². The van der Waals surface area contributed by atoms with E-state index in [9.17, 15) is 14.0 Å². The zero-order valence-electron chi connectivity index (χ0n) is 16.5. The molecule has 1 N–H and O–H groups in total. The first kappa shape index (κ1) is 18.5. The summed E-state index contributed by atoms with van der Waals surface area (Å²) in [6.45, 7) is 2.52. The quantitative estimate of drug-likeness (QED) is 0.678. The van der Waals surface area contributed by atoms with Crippen molar-refractivity contribution in [2.24, 2.45) is 5.92 Å². The second-order valence-corrected chi connectivity index (χ2v) is 7.96. The summed E-state index contributed by atoms with van der Waals surface area (Å²) >= 11 is 0. The molecule has 0 spiro atoms. The molecule has 6 nitrogen and oxygen atoms in total. The highest BCUT2D eigenvalue weighted by Crippen LogP contribution is 2.47. The van der Waals surface area contributed by atoms with Crippen molar-refractivity contribution < 1.29 is 14.0 Å². The van der Waals surface area contributed by atoms with Gasteiger partial charge in [-0.1, -0.05) is 25.1 Å². The normalized spacial score (nSPS) is 19.5. The predicted molar refractivity (Wildman–Crippen MR) is 111 cm³/mol. The van der Waals surface area contributed by atoms with Crippen molar-refractivity contribution in [3.63, 3.8) is 0 Å². The van der Waals surface area contributed by atoms with Crippen LogP contribution in [0.3, 0.4) is 0 Å². The fourth-order valence-corrected chi connectivity index (χ4v) is 4.04. The second kappa shape index (κ2) is 7.09. The molecule has 1 aliphatic carbocycles. The standard InChI is InChI=1S/C23H21FN4O2/c1-14-11-18(14)19-13-21(28(26-19)17-5-3-2-4-6-17)25-22(29)23(30)27-10-9-15-12-16(24)7-8-20(15)27/h2-8,12-14,18H,9-11H2,1H3,(H,25,29)/t14-,18+/m1/s1. The van der Waals surface area contributed by atoms with Crippen LogP contribution in [0.4, 0.5) is 15.9 Å². The third-order valence-electron chi connectivity index (χ3n) is 5.84. The lowest BCUT2D eigenvalue weighted by atomic mass is 10.2. The highest BCUT2D eigenvalue weighted by Gasteiger charge is 2.37. The molecule has 2 aromatic carbocycles. The highest BCUT2D eigenvalue weighted by molar-refractivity contribution is 6.44. The number of hydrogen-bond acceptors (Lipinski definition) is 3. The van der Waals surface area contributed by atoms with Crippen molar-refractivity contribution in [2.75, 3.05) is 16.8 Å². The summed E-state index contributed by atoms with van der Waals surface area (Å²) in [5.74, 6) is -0.340. The van der Waals surface area contributed by atoms with Crippen LogP contribution in [0.15, 0.2) is 54.6 Å². The Balaban J connectivity index is 1.41. The maximum atomic E-state index is 13.4. The molecule has 0 bridgehead atoms. The van der Waals surface area contributed by atoms with Gasteiger partial charge in [-0.15, -0.1) is 0 Å². The van der Waals surface area contributed by atoms with Gasteiger partial charge in [0.05, 0.1) is 11.4 Å². The number of benzene rings is 2. The van der Waals surface area contributed by atoms with E-state index in [0.717, 1.165) is 23.4 Å². The number of nitrogens with one attached hydrogen (secondary N) is 1. The fraction of sp³-hybridized carbons (Fsp3) is 0.261. The molecule has 2 aliphatic rings. The largest absolute Gasteiger partial charge is 0.316 e. The molecular formula is C23H21FN4O2. The van der Waals surface area contributed by atoms with Crippen molar-refractivity contribution >= 4 is 23.3 Å². The first-order valence-electron chi connectivity index (χ1n) is 10.1. The Morgan fingerprint density at radius 2 is 1.90 bits per heavy atom. The Morgan fingerprint density at radius 1 is 1.13 bits per heavy atom. The topological polar surface area (TPSA) is 67.2 Å². The van der Waals surface area contributed by atoms with Crippen LogP contribution in [-0.2, 0) is 16.0 Å². The number of carbonyl (C=O) groups excluding carboxylic acids is 2. The van der Waals surface area contributed by atoms with Crippen molar-refractivity contribution in [3.05, 3.63) is 71.7 Å². The van der Waals surface area contributed by atoms with Crippen LogP contribution >= 0.6 is 0 Å². The third kappa shape index (κ3) is 3.26. The summed E-state index contributed by atoms with van der Waals surface area (Å²) in [6.07, 6.45) is 1.59. The van der Waals surface area contributed by atoms with Gasteiger partial charge in [0.2, 0.25) is 0 Å². The minimum Gasteiger partial charge on any atom is -0.304 e. The maximum absolute atomic E-state index is 13.4. The Bertz CT molecular complexity index is 1140. The van der Waals surface area contributed by atoms with Gasteiger partial charge >= 0.3 is 11.8 Å². The lowest BCUT2D eigenvalue weighted by molar-refractivity contribution is -0.134. The summed E-state index contributed by atoms with van der Waals surface area (Å²) in [5.41, 5.74) is 3.04. The highest BCUT2D eigenvalue weighted by atomic mass is 19.1. The molecule has 0 unspecified atom stereocenters. The zero-order valence-corrected chi connectivity index (χ0v) is 16.5. The molecule has 5 rings (SSSR count). The summed E-state index contributed by atoms with van der Waals surface area (Å²) in [5, 5.41) is 7.43. The van der Waals surface area contributed by atoms with Gasteiger partial charge in [0.25, 0.3) is 0 Å². The van der Waals surface area contributed by atoms with Gasteiger partial charge in [0.1, 0.15) is 11.6 Å². The van der Waals surface area contributed by atoms with Gasteiger partial charge in [-0.05, 0) is 54.7 Å². The molecule has 3 aromatic rings. The number of fused-ring (bicyclic) bond motifs is 1. The molecule has 30 heavy (non-hydrogen) atoms. The number of amides is 2. The molecule has 0 saturated heterocycles. The van der Waals surface area contributed by atoms with Crippen LogP contribution in [0, 0.1) is 11.7 Å². The first-order chi connectivity index (χ1) is 14.5. The van der Waals surface area contributed by atoms with Gasteiger partial charge in [0.15, 0.2) is 0 Å². The minimum absolute atomic E-state index is 0.346. The van der Waals surface area contributed by atoms with E-state index in [1.54, 1.807) is 10.7 Å². The molecule has 1 aromatic heterocycles. The maximum Gasteiger partial charge on any atom is 0.316 e. The number of rotatable bonds is 3. The van der Waals surface area contributed by atoms with E-state index in [2.05, 4.69) is 17.3 Å². The van der Waals surface area contributed by atoms with E-state index in [1.807, 2.05) is 36.4 Å². The Hall–Kier alpha value is -3.48. The van der Waals surface area contributed by atoms with E-state index in [4.69, 9.17) is 0 Å². The van der Waals surface area contributed by atoms with Crippen LogP contribution < -0.4 is 10.2 Å². The molecule has 1 fully saturated rings. The van der Waals surface area contributed by atoms with Crippen LogP contribution in [-0.4, -0.2) is 28.1 Å². The smallest absolute Gasteiger partial charge is 0.304 e. The Kier molecular flexibility index (Phi) is 4.38. The number of para-hydroxylation sites is 1. The molecule has 2 amide bonds. The van der Waals surface area contributed by atoms with Crippen molar-refractivity contribution in [1.29, 1.82) is 0 Å². The summed E-state index contributed by atoms with van der Waals surface area (Å²) in [7, 11) is 0. The van der Waals surface area contributed by atoms with Crippen LogP contribution in [0.25, 0.3) is 5.69 Å². The van der Waals surface area contributed by atoms with E-state index >= 15 is 0 Å². The van der Waals surface area contributed by atoms with E-state index in [-0.39, 0.29) is 5.82 Å². The van der Waals surface area contributed by atoms with Gasteiger partial charge < -0.3 is 10.2 Å². The number of anilines is 2. The predicted octanol–water partition coefficient (Wildman–Crippen LogP) is 3.66. The average Bonchev–Trinajstić information content (AvgIpc) is 3.14. The number of nitrogens with zero attached hydrogens (tertiary/aromatic N) is 3. The SMILES string of the molecule is C[C@@H]1C[C@@H]1c1cc(NC(=O)C(=O)N2CCc3cc(F)ccc32)n(-c2ccccc2)n1. The molecule has 152 valence electrons. The van der Waals surface area contributed by atoms with Gasteiger partial charge in [0, 0.05) is 24.2 Å². The Morgan fingerprint density at radius 3 is 2.63 bits per heavy atom. The summed E-state index contributed by atoms with van der Waals surface area (Å²) in [4.78, 5) is 27.0. The third-order valence-corrected chi connectivity index (χ3v) is 5.84. The van der Waals surface area contributed by atoms with Crippen molar-refractivity contribution in [3.8, 4) is 5.69 Å². The zero-order chi connectivity index (χ0) is 20.8. The summed E-state index contributed by atoms with van der Waals surface area (Å²) < 4.78 is 15.1. The molecule has 2 atom stereocenters. The molecule has 1 aliphatic heterocycles. The lowest BCUT2D eigenvalue weighted by Crippen LogP contribution is -2.39. The summed E-state index contributed by atoms with van der Waals surface area (Å²) in [6, 6.07) is 15.6. The average molecular weight is 404 g/mol. The van der Waals surface area contributed by atoms with Gasteiger partial charge in [-0.2, -0.15) is 5.10 Å². The van der Waals surface area contributed by atoms with E-state index in [1.165, 1.54) is 17.0 Å². The van der Waals surface area contributed by atoms with Gasteiger partial charge in [-0.25, -0.2) is 9.07 Å². The molecule has 2 heterocycles. The van der Waals surface area contributed by atoms with Crippen LogP contribution in [0.5, 0.6) is 0 Å². The van der Waals surface area contributed by atoms with Crippen molar-refractivity contribution in [2.45, 2.75) is 25.7 Å². The number of halogens is 1. The fourth-order valence-electron chi connectivity index (χ4n) is 4.04. The number of carbonyl (C=O) groups is 2. The molecule has 1 saturated carbocycles. The van der Waals surface area contributed by atoms with E-state index < -0.39 is 11.8 Å². The molecule has 7 heteroatoms. The van der Waals surface area contributed by atoms with Gasteiger partial charge in [-0.3, -0.25) is 9.59 Å². The van der Waals surface area contributed by atoms with Crippen molar-refractivity contribution in [1.82, 2.24) is 9.78 Å². The van der Waals surface area contributed by atoms with E-state index in [0.29, 0.717) is 36.3 Å². The number of hydrogen-bond donors (Lipinski definition) is 1. The molecular weight excluding hydrogens is 383 g/mol. The number of aromatic nitrogens is 2.